The lowest BCUT2D eigenvalue weighted by Crippen LogP contribution is -2.13. The zero-order valence-corrected chi connectivity index (χ0v) is 12.1. The first kappa shape index (κ1) is 14.8. The maximum absolute atomic E-state index is 13.5. The van der Waals surface area contributed by atoms with Crippen molar-refractivity contribution in [2.24, 2.45) is 0 Å². The second-order valence-corrected chi connectivity index (χ2v) is 6.03. The first-order chi connectivity index (χ1) is 9.42. The van der Waals surface area contributed by atoms with E-state index < -0.39 is 15.8 Å². The topological polar surface area (TPSA) is 71.3 Å². The molecule has 0 aliphatic carbocycles. The minimum absolute atomic E-state index is 0.222. The molecule has 2 aromatic rings. The second kappa shape index (κ2) is 5.82. The van der Waals surface area contributed by atoms with Gasteiger partial charge in [-0.1, -0.05) is 11.6 Å². The van der Waals surface area contributed by atoms with Gasteiger partial charge in [-0.05, 0) is 37.4 Å². The summed E-state index contributed by atoms with van der Waals surface area (Å²) in [6, 6.07) is 6.42. The van der Waals surface area contributed by atoms with Crippen molar-refractivity contribution in [2.75, 3.05) is 11.8 Å². The molecule has 0 fully saturated rings. The maximum Gasteiger partial charge on any atom is 0.295 e. The van der Waals surface area contributed by atoms with Crippen LogP contribution in [0.5, 0.6) is 0 Å². The van der Waals surface area contributed by atoms with Gasteiger partial charge >= 0.3 is 0 Å². The highest BCUT2D eigenvalue weighted by Gasteiger charge is 2.20. The lowest BCUT2D eigenvalue weighted by Gasteiger charge is -2.07. The molecule has 0 aliphatic rings. The van der Waals surface area contributed by atoms with Gasteiger partial charge in [0.05, 0.1) is 12.2 Å². The third-order valence-corrected chi connectivity index (χ3v) is 3.90. The Hall–Kier alpha value is -1.57. The summed E-state index contributed by atoms with van der Waals surface area (Å²) in [5.74, 6) is -0.264. The first-order valence-electron chi connectivity index (χ1n) is 5.63. The van der Waals surface area contributed by atoms with Gasteiger partial charge in [0.1, 0.15) is 11.6 Å². The van der Waals surface area contributed by atoms with Crippen molar-refractivity contribution in [3.05, 3.63) is 46.9 Å². The molecule has 2 rings (SSSR count). The SMILES string of the molecule is CNCc1ccc(S(=O)(=O)Nc2cc(Cl)ccc2F)o1. The largest absolute Gasteiger partial charge is 0.446 e. The Morgan fingerprint density at radius 2 is 2.05 bits per heavy atom. The van der Waals surface area contributed by atoms with Crippen molar-refractivity contribution in [1.82, 2.24) is 5.32 Å². The van der Waals surface area contributed by atoms with Crippen molar-refractivity contribution in [2.45, 2.75) is 11.6 Å². The highest BCUT2D eigenvalue weighted by atomic mass is 35.5. The number of rotatable bonds is 5. The normalized spacial score (nSPS) is 11.6. The predicted molar refractivity (Wildman–Crippen MR) is 73.7 cm³/mol. The van der Waals surface area contributed by atoms with Crippen LogP contribution in [-0.4, -0.2) is 15.5 Å². The Balaban J connectivity index is 2.28. The number of halogens is 2. The number of benzene rings is 1. The second-order valence-electron chi connectivity index (χ2n) is 3.98. The lowest BCUT2D eigenvalue weighted by atomic mass is 10.3. The average Bonchev–Trinajstić information content (AvgIpc) is 2.83. The maximum atomic E-state index is 13.5. The van der Waals surface area contributed by atoms with Gasteiger partial charge in [0.15, 0.2) is 0 Å². The van der Waals surface area contributed by atoms with Crippen molar-refractivity contribution < 1.29 is 17.2 Å². The van der Waals surface area contributed by atoms with E-state index in [9.17, 15) is 12.8 Å². The van der Waals surface area contributed by atoms with Crippen LogP contribution >= 0.6 is 11.6 Å². The van der Waals surface area contributed by atoms with E-state index in [2.05, 4.69) is 10.0 Å². The molecule has 0 spiro atoms. The van der Waals surface area contributed by atoms with E-state index in [0.717, 1.165) is 6.07 Å². The minimum Gasteiger partial charge on any atom is -0.446 e. The van der Waals surface area contributed by atoms with Crippen molar-refractivity contribution >= 4 is 27.3 Å². The number of hydrogen-bond donors (Lipinski definition) is 2. The standard InChI is InChI=1S/C12H12ClFN2O3S/c1-15-7-9-3-5-12(19-9)20(17,18)16-11-6-8(13)2-4-10(11)14/h2-6,15-16H,7H2,1H3. The number of nitrogens with one attached hydrogen (secondary N) is 2. The van der Waals surface area contributed by atoms with Gasteiger partial charge in [0.25, 0.3) is 10.0 Å². The summed E-state index contributed by atoms with van der Waals surface area (Å²) in [6.45, 7) is 0.390. The number of hydrogen-bond acceptors (Lipinski definition) is 4. The Morgan fingerprint density at radius 3 is 2.75 bits per heavy atom. The third-order valence-electron chi connectivity index (χ3n) is 2.43. The Kier molecular flexibility index (Phi) is 4.32. The molecular weight excluding hydrogens is 307 g/mol. The van der Waals surface area contributed by atoms with Gasteiger partial charge < -0.3 is 9.73 Å². The molecule has 1 heterocycles. The molecule has 2 N–H and O–H groups in total. The van der Waals surface area contributed by atoms with E-state index in [1.807, 2.05) is 0 Å². The summed E-state index contributed by atoms with van der Waals surface area (Å²) < 4.78 is 44.9. The van der Waals surface area contributed by atoms with Gasteiger partial charge in [-0.3, -0.25) is 4.72 Å². The molecule has 1 aromatic heterocycles. The summed E-state index contributed by atoms with van der Waals surface area (Å²) in [5.41, 5.74) is -0.232. The van der Waals surface area contributed by atoms with Crippen LogP contribution in [-0.2, 0) is 16.6 Å². The minimum atomic E-state index is -3.99. The molecule has 0 saturated heterocycles. The molecule has 108 valence electrons. The molecule has 0 bridgehead atoms. The third kappa shape index (κ3) is 3.30. The van der Waals surface area contributed by atoms with Crippen LogP contribution in [0.3, 0.4) is 0 Å². The molecule has 0 amide bonds. The molecule has 8 heteroatoms. The van der Waals surface area contributed by atoms with E-state index in [4.69, 9.17) is 16.0 Å². The van der Waals surface area contributed by atoms with Gasteiger partial charge in [-0.15, -0.1) is 0 Å². The summed E-state index contributed by atoms with van der Waals surface area (Å²) in [4.78, 5) is 0. The molecule has 1 aromatic carbocycles. The highest BCUT2D eigenvalue weighted by molar-refractivity contribution is 7.92. The van der Waals surface area contributed by atoms with Crippen LogP contribution in [0.1, 0.15) is 5.76 Å². The van der Waals surface area contributed by atoms with E-state index in [1.54, 1.807) is 7.05 Å². The summed E-state index contributed by atoms with van der Waals surface area (Å²) >= 11 is 5.70. The smallest absolute Gasteiger partial charge is 0.295 e. The van der Waals surface area contributed by atoms with Crippen LogP contribution in [0.15, 0.2) is 39.8 Å². The van der Waals surface area contributed by atoms with Gasteiger partial charge in [0, 0.05) is 5.02 Å². The Morgan fingerprint density at radius 1 is 1.30 bits per heavy atom. The predicted octanol–water partition coefficient (Wildman–Crippen LogP) is 2.59. The Bertz CT molecular complexity index is 715. The molecule has 0 unspecified atom stereocenters. The van der Waals surface area contributed by atoms with Crippen LogP contribution in [0, 0.1) is 5.82 Å². The Labute approximate surface area is 120 Å². The van der Waals surface area contributed by atoms with Crippen LogP contribution in [0.25, 0.3) is 0 Å². The van der Waals surface area contributed by atoms with E-state index in [1.165, 1.54) is 24.3 Å². The quantitative estimate of drug-likeness (QED) is 0.889. The molecule has 0 aliphatic heterocycles. The van der Waals surface area contributed by atoms with Crippen molar-refractivity contribution in [3.8, 4) is 0 Å². The van der Waals surface area contributed by atoms with Gasteiger partial charge in [0.2, 0.25) is 5.09 Å². The monoisotopic (exact) mass is 318 g/mol. The van der Waals surface area contributed by atoms with Crippen molar-refractivity contribution in [1.29, 1.82) is 0 Å². The molecule has 20 heavy (non-hydrogen) atoms. The molecular formula is C12H12ClFN2O3S. The molecule has 0 atom stereocenters. The number of sulfonamides is 1. The fourth-order valence-electron chi connectivity index (χ4n) is 1.54. The zero-order chi connectivity index (χ0) is 14.8. The average molecular weight is 319 g/mol. The molecule has 0 saturated carbocycles. The fourth-order valence-corrected chi connectivity index (χ4v) is 2.73. The summed E-state index contributed by atoms with van der Waals surface area (Å²) in [6.07, 6.45) is 0. The van der Waals surface area contributed by atoms with Gasteiger partial charge in [-0.25, -0.2) is 4.39 Å². The van der Waals surface area contributed by atoms with Crippen molar-refractivity contribution in [3.63, 3.8) is 0 Å². The molecule has 5 nitrogen and oxygen atoms in total. The first-order valence-corrected chi connectivity index (χ1v) is 7.49. The van der Waals surface area contributed by atoms with Crippen LogP contribution < -0.4 is 10.0 Å². The highest BCUT2D eigenvalue weighted by Crippen LogP contribution is 2.23. The number of anilines is 1. The summed E-state index contributed by atoms with van der Waals surface area (Å²) in [5, 5.41) is 2.76. The summed E-state index contributed by atoms with van der Waals surface area (Å²) in [7, 11) is -2.29. The lowest BCUT2D eigenvalue weighted by molar-refractivity contribution is 0.408. The van der Waals surface area contributed by atoms with Gasteiger partial charge in [-0.2, -0.15) is 8.42 Å². The zero-order valence-electron chi connectivity index (χ0n) is 10.5. The van der Waals surface area contributed by atoms with Crippen LogP contribution in [0.4, 0.5) is 10.1 Å². The van der Waals surface area contributed by atoms with E-state index >= 15 is 0 Å². The molecule has 0 radical (unpaired) electrons. The number of furan rings is 1. The van der Waals surface area contributed by atoms with E-state index in [-0.39, 0.29) is 15.8 Å². The fraction of sp³-hybridized carbons (Fsp3) is 0.167. The van der Waals surface area contributed by atoms with E-state index in [0.29, 0.717) is 12.3 Å². The van der Waals surface area contributed by atoms with Crippen LogP contribution in [0.2, 0.25) is 5.02 Å².